The third-order valence-electron chi connectivity index (χ3n) is 3.40. The van der Waals surface area contributed by atoms with E-state index in [1.165, 1.54) is 24.8 Å². The van der Waals surface area contributed by atoms with Gasteiger partial charge in [-0.15, -0.1) is 0 Å². The van der Waals surface area contributed by atoms with Gasteiger partial charge in [0.2, 0.25) is 0 Å². The molecule has 0 saturated carbocycles. The van der Waals surface area contributed by atoms with E-state index in [-0.39, 0.29) is 11.3 Å². The SMILES string of the molecule is CC[C@H]1O[C@@H](n2cc(Br)c(Cl)nc2=O)C(OC)[C@H]1OC(C)=O. The molecule has 22 heavy (non-hydrogen) atoms. The maximum Gasteiger partial charge on any atom is 0.351 e. The molecule has 4 atom stereocenters. The van der Waals surface area contributed by atoms with Crippen molar-refractivity contribution in [2.24, 2.45) is 0 Å². The van der Waals surface area contributed by atoms with Crippen LogP contribution >= 0.6 is 27.5 Å². The largest absolute Gasteiger partial charge is 0.457 e. The predicted octanol–water partition coefficient (Wildman–Crippen LogP) is 1.91. The summed E-state index contributed by atoms with van der Waals surface area (Å²) in [5, 5.41) is 0.0665. The van der Waals surface area contributed by atoms with E-state index in [1.54, 1.807) is 0 Å². The normalized spacial score (nSPS) is 27.9. The van der Waals surface area contributed by atoms with Gasteiger partial charge in [0.15, 0.2) is 17.5 Å². The van der Waals surface area contributed by atoms with Crippen molar-refractivity contribution in [3.05, 3.63) is 26.3 Å². The van der Waals surface area contributed by atoms with Gasteiger partial charge in [-0.25, -0.2) is 4.79 Å². The fraction of sp³-hybridized carbons (Fsp3) is 0.615. The lowest BCUT2D eigenvalue weighted by Crippen LogP contribution is -2.39. The zero-order valence-corrected chi connectivity index (χ0v) is 14.6. The van der Waals surface area contributed by atoms with Crippen LogP contribution in [0.5, 0.6) is 0 Å². The lowest BCUT2D eigenvalue weighted by molar-refractivity contribution is -0.153. The van der Waals surface area contributed by atoms with E-state index >= 15 is 0 Å². The first-order valence-corrected chi connectivity index (χ1v) is 7.85. The van der Waals surface area contributed by atoms with Gasteiger partial charge in [0, 0.05) is 20.2 Å². The van der Waals surface area contributed by atoms with Gasteiger partial charge in [-0.2, -0.15) is 4.98 Å². The van der Waals surface area contributed by atoms with Crippen LogP contribution in [0.15, 0.2) is 15.5 Å². The number of esters is 1. The minimum absolute atomic E-state index is 0.0665. The molecule has 1 saturated heterocycles. The molecule has 1 aliphatic rings. The first kappa shape index (κ1) is 17.4. The molecule has 0 N–H and O–H groups in total. The summed E-state index contributed by atoms with van der Waals surface area (Å²) in [6.07, 6.45) is -0.268. The highest BCUT2D eigenvalue weighted by Gasteiger charge is 2.47. The van der Waals surface area contributed by atoms with Gasteiger partial charge >= 0.3 is 11.7 Å². The van der Waals surface area contributed by atoms with Crippen LogP contribution in [0.1, 0.15) is 26.5 Å². The van der Waals surface area contributed by atoms with E-state index < -0.39 is 30.1 Å². The Bertz CT molecular complexity index is 623. The predicted molar refractivity (Wildman–Crippen MR) is 81.8 cm³/mol. The van der Waals surface area contributed by atoms with E-state index in [1.807, 2.05) is 6.92 Å². The molecule has 7 nitrogen and oxygen atoms in total. The van der Waals surface area contributed by atoms with E-state index in [2.05, 4.69) is 20.9 Å². The Kier molecular flexibility index (Phi) is 5.60. The van der Waals surface area contributed by atoms with Crippen molar-refractivity contribution in [1.29, 1.82) is 0 Å². The quantitative estimate of drug-likeness (QED) is 0.572. The number of halogens is 2. The summed E-state index contributed by atoms with van der Waals surface area (Å²) >= 11 is 9.02. The molecule has 0 aromatic carbocycles. The smallest absolute Gasteiger partial charge is 0.351 e. The third kappa shape index (κ3) is 3.34. The number of methoxy groups -OCH3 is 1. The van der Waals surface area contributed by atoms with Crippen molar-refractivity contribution in [2.75, 3.05) is 7.11 Å². The summed E-state index contributed by atoms with van der Waals surface area (Å²) in [6.45, 7) is 3.22. The van der Waals surface area contributed by atoms with Gasteiger partial charge in [0.05, 0.1) is 10.6 Å². The van der Waals surface area contributed by atoms with Crippen molar-refractivity contribution < 1.29 is 19.0 Å². The summed E-state index contributed by atoms with van der Waals surface area (Å²) in [4.78, 5) is 27.1. The van der Waals surface area contributed by atoms with Crippen LogP contribution in [0, 0.1) is 0 Å². The Morgan fingerprint density at radius 3 is 2.77 bits per heavy atom. The second-order valence-electron chi connectivity index (χ2n) is 4.82. The van der Waals surface area contributed by atoms with E-state index in [4.69, 9.17) is 25.8 Å². The highest BCUT2D eigenvalue weighted by molar-refractivity contribution is 9.10. The summed E-state index contributed by atoms with van der Waals surface area (Å²) in [5.74, 6) is -0.433. The summed E-state index contributed by atoms with van der Waals surface area (Å²) in [6, 6.07) is 0. The first-order chi connectivity index (χ1) is 10.4. The molecular formula is C13H16BrClN2O5. The molecule has 0 radical (unpaired) electrons. The summed E-state index contributed by atoms with van der Waals surface area (Å²) in [5.41, 5.74) is -0.571. The third-order valence-corrected chi connectivity index (χ3v) is 4.50. The lowest BCUT2D eigenvalue weighted by Gasteiger charge is -2.22. The van der Waals surface area contributed by atoms with E-state index in [9.17, 15) is 9.59 Å². The molecule has 0 spiro atoms. The zero-order chi connectivity index (χ0) is 16.4. The monoisotopic (exact) mass is 394 g/mol. The van der Waals surface area contributed by atoms with Gasteiger partial charge < -0.3 is 14.2 Å². The Labute approximate surface area is 140 Å². The van der Waals surface area contributed by atoms with Crippen molar-refractivity contribution in [3.63, 3.8) is 0 Å². The molecule has 9 heteroatoms. The molecule has 1 aromatic heterocycles. The topological polar surface area (TPSA) is 79.7 Å². The number of rotatable bonds is 4. The standard InChI is InChI=1S/C13H16BrClN2O5/c1-4-8-9(21-6(2)18)10(20-3)12(22-8)17-5-7(14)11(15)16-13(17)19/h5,8-10,12H,4H2,1-3H3/t8-,9+,10?,12-/m1/s1. The molecule has 1 fully saturated rings. The summed E-state index contributed by atoms with van der Waals surface area (Å²) in [7, 11) is 1.47. The molecule has 0 amide bonds. The minimum Gasteiger partial charge on any atom is -0.457 e. The van der Waals surface area contributed by atoms with Gasteiger partial charge in [0.1, 0.15) is 6.10 Å². The highest BCUT2D eigenvalue weighted by Crippen LogP contribution is 2.34. The van der Waals surface area contributed by atoms with Crippen LogP contribution in [0.3, 0.4) is 0 Å². The second-order valence-corrected chi connectivity index (χ2v) is 6.03. The molecule has 1 aliphatic heterocycles. The van der Waals surface area contributed by atoms with Gasteiger partial charge in [-0.05, 0) is 22.4 Å². The Morgan fingerprint density at radius 2 is 2.23 bits per heavy atom. The summed E-state index contributed by atoms with van der Waals surface area (Å²) < 4.78 is 18.3. The van der Waals surface area contributed by atoms with Gasteiger partial charge in [-0.3, -0.25) is 9.36 Å². The van der Waals surface area contributed by atoms with Crippen LogP contribution in [-0.2, 0) is 19.0 Å². The van der Waals surface area contributed by atoms with Crippen molar-refractivity contribution in [3.8, 4) is 0 Å². The minimum atomic E-state index is -0.757. The molecule has 2 heterocycles. The Morgan fingerprint density at radius 1 is 1.55 bits per heavy atom. The first-order valence-electron chi connectivity index (χ1n) is 6.68. The van der Waals surface area contributed by atoms with Crippen LogP contribution < -0.4 is 5.69 Å². The maximum absolute atomic E-state index is 12.1. The number of aromatic nitrogens is 2. The highest BCUT2D eigenvalue weighted by atomic mass is 79.9. The van der Waals surface area contributed by atoms with Crippen molar-refractivity contribution in [1.82, 2.24) is 9.55 Å². The number of nitrogens with zero attached hydrogens (tertiary/aromatic N) is 2. The number of carbonyl (C=O) groups is 1. The molecule has 0 bridgehead atoms. The number of hydrogen-bond acceptors (Lipinski definition) is 6. The Balaban J connectivity index is 2.40. The zero-order valence-electron chi connectivity index (χ0n) is 12.3. The fourth-order valence-electron chi connectivity index (χ4n) is 2.45. The average molecular weight is 396 g/mol. The molecule has 1 aromatic rings. The molecule has 122 valence electrons. The molecule has 0 aliphatic carbocycles. The molecule has 2 rings (SSSR count). The van der Waals surface area contributed by atoms with Crippen molar-refractivity contribution in [2.45, 2.75) is 44.8 Å². The van der Waals surface area contributed by atoms with Crippen LogP contribution in [-0.4, -0.2) is 40.9 Å². The Hall–Kier alpha value is -0.960. The fourth-order valence-corrected chi connectivity index (χ4v) is 2.88. The van der Waals surface area contributed by atoms with Crippen LogP contribution in [0.2, 0.25) is 5.15 Å². The van der Waals surface area contributed by atoms with E-state index in [0.717, 1.165) is 0 Å². The number of carbonyl (C=O) groups excluding carboxylic acids is 1. The van der Waals surface area contributed by atoms with Crippen molar-refractivity contribution >= 4 is 33.5 Å². The number of ether oxygens (including phenoxy) is 3. The maximum atomic E-state index is 12.1. The van der Waals surface area contributed by atoms with Gasteiger partial charge in [-0.1, -0.05) is 18.5 Å². The van der Waals surface area contributed by atoms with Crippen LogP contribution in [0.4, 0.5) is 0 Å². The number of hydrogen-bond donors (Lipinski definition) is 0. The second kappa shape index (κ2) is 7.08. The molecule has 1 unspecified atom stereocenters. The molecular weight excluding hydrogens is 380 g/mol. The average Bonchev–Trinajstić information content (AvgIpc) is 2.79. The van der Waals surface area contributed by atoms with E-state index in [0.29, 0.717) is 10.9 Å². The lowest BCUT2D eigenvalue weighted by atomic mass is 10.1. The van der Waals surface area contributed by atoms with Crippen LogP contribution in [0.25, 0.3) is 0 Å². The van der Waals surface area contributed by atoms with Gasteiger partial charge in [0.25, 0.3) is 0 Å².